The molecule has 0 spiro atoms. The smallest absolute Gasteiger partial charge is 0.234 e. The molecular weight excluding hydrogens is 448 g/mol. The van der Waals surface area contributed by atoms with Crippen molar-refractivity contribution in [2.24, 2.45) is 11.5 Å². The number of nitrogens with two attached hydrogens (primary N) is 2. The number of rotatable bonds is 7. The van der Waals surface area contributed by atoms with Crippen LogP contribution in [0.5, 0.6) is 0 Å². The molecule has 0 saturated heterocycles. The summed E-state index contributed by atoms with van der Waals surface area (Å²) >= 11 is 0. The second kappa shape index (κ2) is 9.58. The van der Waals surface area contributed by atoms with Gasteiger partial charge in [0, 0.05) is 0 Å². The van der Waals surface area contributed by atoms with Crippen molar-refractivity contribution in [3.05, 3.63) is 143 Å². The summed E-state index contributed by atoms with van der Waals surface area (Å²) in [6.45, 7) is 0. The molecule has 4 aromatic carbocycles. The van der Waals surface area contributed by atoms with Crippen molar-refractivity contribution in [1.29, 1.82) is 10.5 Å². The SMILES string of the molecule is N#Cc1ccccc1[C@](C(N)=O)(c1ccccc1)[C@](C(N)=O)(c1ccccc1)c1ccccc1C#N. The maximum Gasteiger partial charge on any atom is 0.234 e. The fraction of sp³-hybridized carbons (Fsp3) is 0.0667. The number of nitriles is 2. The Morgan fingerprint density at radius 3 is 1.14 bits per heavy atom. The summed E-state index contributed by atoms with van der Waals surface area (Å²) < 4.78 is 0. The predicted molar refractivity (Wildman–Crippen MR) is 135 cm³/mol. The van der Waals surface area contributed by atoms with Crippen LogP contribution in [0.15, 0.2) is 109 Å². The summed E-state index contributed by atoms with van der Waals surface area (Å²) in [5.74, 6) is -1.79. The van der Waals surface area contributed by atoms with E-state index < -0.39 is 22.6 Å². The van der Waals surface area contributed by atoms with Crippen LogP contribution < -0.4 is 11.5 Å². The molecule has 2 atom stereocenters. The number of nitrogens with zero attached hydrogens (tertiary/aromatic N) is 2. The summed E-state index contributed by atoms with van der Waals surface area (Å²) in [6, 6.07) is 34.4. The fourth-order valence-corrected chi connectivity index (χ4v) is 5.26. The number of hydrogen-bond donors (Lipinski definition) is 2. The van der Waals surface area contributed by atoms with Gasteiger partial charge in [0.1, 0.15) is 10.8 Å². The van der Waals surface area contributed by atoms with Gasteiger partial charge in [0.25, 0.3) is 0 Å². The second-order valence-electron chi connectivity index (χ2n) is 8.28. The number of carbonyl (C=O) groups excluding carboxylic acids is 2. The topological polar surface area (TPSA) is 134 Å². The van der Waals surface area contributed by atoms with Crippen LogP contribution in [0.25, 0.3) is 0 Å². The molecule has 4 aromatic rings. The lowest BCUT2D eigenvalue weighted by Gasteiger charge is -2.48. The highest BCUT2D eigenvalue weighted by molar-refractivity contribution is 6.06. The lowest BCUT2D eigenvalue weighted by Crippen LogP contribution is -2.64. The van der Waals surface area contributed by atoms with E-state index in [-0.39, 0.29) is 22.3 Å². The zero-order valence-corrected chi connectivity index (χ0v) is 19.3. The van der Waals surface area contributed by atoms with E-state index in [1.54, 1.807) is 109 Å². The van der Waals surface area contributed by atoms with Gasteiger partial charge in [-0.3, -0.25) is 9.59 Å². The van der Waals surface area contributed by atoms with Crippen LogP contribution >= 0.6 is 0 Å². The number of primary amides is 2. The van der Waals surface area contributed by atoms with Crippen molar-refractivity contribution in [3.63, 3.8) is 0 Å². The van der Waals surface area contributed by atoms with E-state index in [9.17, 15) is 20.1 Å². The minimum Gasteiger partial charge on any atom is -0.369 e. The van der Waals surface area contributed by atoms with E-state index >= 15 is 0 Å². The molecule has 0 saturated carbocycles. The number of amides is 2. The third-order valence-corrected chi connectivity index (χ3v) is 6.62. The lowest BCUT2D eigenvalue weighted by molar-refractivity contribution is -0.132. The highest BCUT2D eigenvalue weighted by Crippen LogP contribution is 2.54. The molecule has 0 unspecified atom stereocenters. The molecular formula is C30H22N4O2. The van der Waals surface area contributed by atoms with Gasteiger partial charge in [-0.05, 0) is 34.4 Å². The molecule has 0 bridgehead atoms. The van der Waals surface area contributed by atoms with Crippen molar-refractivity contribution < 1.29 is 9.59 Å². The maximum atomic E-state index is 14.0. The molecule has 0 aromatic heterocycles. The summed E-state index contributed by atoms with van der Waals surface area (Å²) in [4.78, 5) is 28.0. The van der Waals surface area contributed by atoms with Gasteiger partial charge >= 0.3 is 0 Å². The molecule has 0 fully saturated rings. The number of carbonyl (C=O) groups is 2. The first-order valence-corrected chi connectivity index (χ1v) is 11.2. The van der Waals surface area contributed by atoms with E-state index in [0.29, 0.717) is 11.1 Å². The van der Waals surface area contributed by atoms with Gasteiger partial charge in [-0.15, -0.1) is 0 Å². The Morgan fingerprint density at radius 1 is 0.528 bits per heavy atom. The first kappa shape index (κ1) is 23.9. The molecule has 4 rings (SSSR count). The zero-order chi connectivity index (χ0) is 25.8. The van der Waals surface area contributed by atoms with Crippen molar-refractivity contribution in [2.75, 3.05) is 0 Å². The molecule has 6 nitrogen and oxygen atoms in total. The minimum absolute atomic E-state index is 0.149. The highest BCUT2D eigenvalue weighted by atomic mass is 16.2. The van der Waals surface area contributed by atoms with Crippen LogP contribution in [0.3, 0.4) is 0 Å². The Bertz CT molecular complexity index is 1400. The fourth-order valence-electron chi connectivity index (χ4n) is 5.26. The summed E-state index contributed by atoms with van der Waals surface area (Å²) in [7, 11) is 0. The minimum atomic E-state index is -2.00. The van der Waals surface area contributed by atoms with E-state index in [2.05, 4.69) is 12.1 Å². The average Bonchev–Trinajstić information content (AvgIpc) is 2.92. The molecule has 4 N–H and O–H groups in total. The molecule has 2 amide bonds. The van der Waals surface area contributed by atoms with Gasteiger partial charge in [-0.1, -0.05) is 97.1 Å². The standard InChI is InChI=1S/C30H22N4O2/c31-19-21-11-7-9-17-25(21)29(27(33)35,23-13-3-1-4-14-23)30(28(34)36,24-15-5-2-6-16-24)26-18-10-8-12-22(26)20-32/h1-18H,(H2,33,35)(H2,34,36)/t29-,30+. The molecule has 0 radical (unpaired) electrons. The Balaban J connectivity index is 2.40. The quantitative estimate of drug-likeness (QED) is 0.426. The Kier molecular flexibility index (Phi) is 6.37. The van der Waals surface area contributed by atoms with Gasteiger partial charge in [0.2, 0.25) is 11.8 Å². The summed E-state index contributed by atoms with van der Waals surface area (Å²) in [5, 5.41) is 20.2. The Labute approximate surface area is 209 Å². The van der Waals surface area contributed by atoms with E-state index in [4.69, 9.17) is 11.5 Å². The van der Waals surface area contributed by atoms with E-state index in [0.717, 1.165) is 0 Å². The van der Waals surface area contributed by atoms with Crippen LogP contribution in [0, 0.1) is 22.7 Å². The largest absolute Gasteiger partial charge is 0.369 e. The van der Waals surface area contributed by atoms with Gasteiger partial charge in [-0.2, -0.15) is 10.5 Å². The van der Waals surface area contributed by atoms with Crippen molar-refractivity contribution in [1.82, 2.24) is 0 Å². The second-order valence-corrected chi connectivity index (χ2v) is 8.28. The molecule has 174 valence electrons. The first-order chi connectivity index (χ1) is 17.5. The Morgan fingerprint density at radius 2 is 0.833 bits per heavy atom. The van der Waals surface area contributed by atoms with E-state index in [1.165, 1.54) is 0 Å². The number of benzene rings is 4. The van der Waals surface area contributed by atoms with Crippen molar-refractivity contribution in [2.45, 2.75) is 10.8 Å². The van der Waals surface area contributed by atoms with Crippen molar-refractivity contribution in [3.8, 4) is 12.1 Å². The van der Waals surface area contributed by atoms with Crippen LogP contribution in [-0.4, -0.2) is 11.8 Å². The Hall–Kier alpha value is -5.20. The van der Waals surface area contributed by atoms with Gasteiger partial charge in [0.15, 0.2) is 0 Å². The van der Waals surface area contributed by atoms with Crippen LogP contribution in [0.1, 0.15) is 33.4 Å². The van der Waals surface area contributed by atoms with Gasteiger partial charge in [0.05, 0.1) is 23.3 Å². The van der Waals surface area contributed by atoms with Crippen LogP contribution in [-0.2, 0) is 20.4 Å². The molecule has 0 aliphatic rings. The molecule has 36 heavy (non-hydrogen) atoms. The van der Waals surface area contributed by atoms with Crippen LogP contribution in [0.2, 0.25) is 0 Å². The molecule has 6 heteroatoms. The monoisotopic (exact) mass is 470 g/mol. The van der Waals surface area contributed by atoms with Gasteiger partial charge < -0.3 is 11.5 Å². The maximum absolute atomic E-state index is 14.0. The van der Waals surface area contributed by atoms with Crippen LogP contribution in [0.4, 0.5) is 0 Å². The number of hydrogen-bond acceptors (Lipinski definition) is 4. The lowest BCUT2D eigenvalue weighted by atomic mass is 9.49. The van der Waals surface area contributed by atoms with E-state index in [1.807, 2.05) is 0 Å². The normalized spacial score (nSPS) is 13.8. The average molecular weight is 471 g/mol. The third-order valence-electron chi connectivity index (χ3n) is 6.62. The van der Waals surface area contributed by atoms with Gasteiger partial charge in [-0.25, -0.2) is 0 Å². The predicted octanol–water partition coefficient (Wildman–Crippen LogP) is 3.67. The molecule has 0 aliphatic carbocycles. The van der Waals surface area contributed by atoms with Crippen molar-refractivity contribution >= 4 is 11.8 Å². The molecule has 0 aliphatic heterocycles. The summed E-state index contributed by atoms with van der Waals surface area (Å²) in [6.07, 6.45) is 0. The molecule has 0 heterocycles. The summed E-state index contributed by atoms with van der Waals surface area (Å²) in [5.41, 5.74) is 10.1. The first-order valence-electron chi connectivity index (χ1n) is 11.2. The zero-order valence-electron chi connectivity index (χ0n) is 19.3. The highest BCUT2D eigenvalue weighted by Gasteiger charge is 2.64. The third kappa shape index (κ3) is 3.33.